The summed E-state index contributed by atoms with van der Waals surface area (Å²) in [5.41, 5.74) is 2.33. The fourth-order valence-corrected chi connectivity index (χ4v) is 5.80. The van der Waals surface area contributed by atoms with Gasteiger partial charge in [0.15, 0.2) is 0 Å². The third kappa shape index (κ3) is 4.00. The summed E-state index contributed by atoms with van der Waals surface area (Å²) in [5.74, 6) is 2.51. The molecule has 2 saturated heterocycles. The third-order valence-corrected chi connectivity index (χ3v) is 7.66. The number of carbonyl (C=O) groups excluding carboxylic acids is 1. The van der Waals surface area contributed by atoms with Crippen LogP contribution in [-0.4, -0.2) is 37.0 Å². The predicted molar refractivity (Wildman–Crippen MR) is 96.6 cm³/mol. The molecule has 2 aliphatic heterocycles. The van der Waals surface area contributed by atoms with Crippen LogP contribution in [0.2, 0.25) is 0 Å². The lowest BCUT2D eigenvalue weighted by molar-refractivity contribution is 0.0922. The van der Waals surface area contributed by atoms with E-state index >= 15 is 0 Å². The van der Waals surface area contributed by atoms with Crippen molar-refractivity contribution in [1.29, 1.82) is 0 Å². The smallest absolute Gasteiger partial charge is 0.251 e. The Morgan fingerprint density at radius 2 is 1.86 bits per heavy atom. The second-order valence-corrected chi connectivity index (χ2v) is 9.16. The van der Waals surface area contributed by atoms with E-state index in [1.165, 1.54) is 17.1 Å². The van der Waals surface area contributed by atoms with Crippen LogP contribution in [0.5, 0.6) is 0 Å². The van der Waals surface area contributed by atoms with Crippen molar-refractivity contribution in [2.75, 3.05) is 31.1 Å². The number of carbonyl (C=O) groups is 1. The summed E-state index contributed by atoms with van der Waals surface area (Å²) < 4.78 is 0.547. The Hall–Kier alpha value is -0.650. The van der Waals surface area contributed by atoms with Crippen molar-refractivity contribution in [2.24, 2.45) is 5.41 Å². The van der Waals surface area contributed by atoms with Gasteiger partial charge in [-0.15, -0.1) is 23.5 Å². The first-order valence-electron chi connectivity index (χ1n) is 7.98. The number of hydrogen-bond acceptors (Lipinski definition) is 4. The van der Waals surface area contributed by atoms with Crippen molar-refractivity contribution in [1.82, 2.24) is 10.6 Å². The van der Waals surface area contributed by atoms with Gasteiger partial charge in [-0.1, -0.05) is 19.1 Å². The Morgan fingerprint density at radius 3 is 2.50 bits per heavy atom. The summed E-state index contributed by atoms with van der Waals surface area (Å²) >= 11 is 3.99. The molecule has 0 unspecified atom stereocenters. The zero-order chi connectivity index (χ0) is 15.4. The molecule has 0 atom stereocenters. The second-order valence-electron chi connectivity index (χ2n) is 6.44. The van der Waals surface area contributed by atoms with Gasteiger partial charge < -0.3 is 10.6 Å². The molecule has 1 aromatic carbocycles. The lowest BCUT2D eigenvalue weighted by Crippen LogP contribution is -2.42. The molecule has 0 saturated carbocycles. The maximum atomic E-state index is 12.3. The minimum atomic E-state index is 0.0537. The largest absolute Gasteiger partial charge is 0.351 e. The van der Waals surface area contributed by atoms with Gasteiger partial charge in [-0.2, -0.15) is 0 Å². The van der Waals surface area contributed by atoms with E-state index in [2.05, 4.69) is 29.7 Å². The number of nitrogens with one attached hydrogen (secondary N) is 2. The number of hydrogen-bond donors (Lipinski definition) is 2. The Morgan fingerprint density at radius 1 is 1.23 bits per heavy atom. The van der Waals surface area contributed by atoms with E-state index in [4.69, 9.17) is 0 Å². The number of rotatable bonds is 4. The van der Waals surface area contributed by atoms with Crippen LogP contribution >= 0.6 is 23.5 Å². The Kier molecular flexibility index (Phi) is 5.37. The van der Waals surface area contributed by atoms with Crippen LogP contribution in [0.4, 0.5) is 0 Å². The molecule has 2 aliphatic rings. The molecular formula is C17H24N2OS2. The van der Waals surface area contributed by atoms with E-state index in [1.54, 1.807) is 0 Å². The summed E-state index contributed by atoms with van der Waals surface area (Å²) in [6, 6.07) is 8.15. The summed E-state index contributed by atoms with van der Waals surface area (Å²) in [6.07, 6.45) is 2.25. The predicted octanol–water partition coefficient (Wildman–Crippen LogP) is 3.28. The Bertz CT molecular complexity index is 506. The van der Waals surface area contributed by atoms with E-state index in [1.807, 2.05) is 35.7 Å². The lowest BCUT2D eigenvalue weighted by Gasteiger charge is -2.34. The van der Waals surface area contributed by atoms with Crippen molar-refractivity contribution in [2.45, 2.75) is 24.3 Å². The molecule has 2 fully saturated rings. The minimum absolute atomic E-state index is 0.0537. The SMILES string of the molecule is CC1(CNC(=O)c2ccc(C3SCCS3)cc2)CCNCC1. The first kappa shape index (κ1) is 16.2. The Balaban J connectivity index is 1.55. The van der Waals surface area contributed by atoms with Crippen LogP contribution in [0, 0.1) is 5.41 Å². The van der Waals surface area contributed by atoms with Crippen LogP contribution in [0.25, 0.3) is 0 Å². The summed E-state index contributed by atoms with van der Waals surface area (Å²) in [7, 11) is 0. The fraction of sp³-hybridized carbons (Fsp3) is 0.588. The molecule has 2 heterocycles. The van der Waals surface area contributed by atoms with Gasteiger partial charge in [-0.25, -0.2) is 0 Å². The first-order valence-corrected chi connectivity index (χ1v) is 10.1. The van der Waals surface area contributed by atoms with Gasteiger partial charge in [0.2, 0.25) is 0 Å². The number of thioether (sulfide) groups is 2. The lowest BCUT2D eigenvalue weighted by atomic mass is 9.81. The molecule has 1 amide bonds. The van der Waals surface area contributed by atoms with Crippen molar-refractivity contribution in [3.8, 4) is 0 Å². The van der Waals surface area contributed by atoms with Crippen LogP contribution in [0.15, 0.2) is 24.3 Å². The molecule has 120 valence electrons. The van der Waals surface area contributed by atoms with Crippen molar-refractivity contribution >= 4 is 29.4 Å². The van der Waals surface area contributed by atoms with Crippen molar-refractivity contribution in [3.63, 3.8) is 0 Å². The monoisotopic (exact) mass is 336 g/mol. The van der Waals surface area contributed by atoms with Crippen LogP contribution < -0.4 is 10.6 Å². The van der Waals surface area contributed by atoms with Crippen LogP contribution in [0.1, 0.15) is 40.3 Å². The molecule has 0 spiro atoms. The number of benzene rings is 1. The molecule has 0 bridgehead atoms. The van der Waals surface area contributed by atoms with Crippen molar-refractivity contribution < 1.29 is 4.79 Å². The molecule has 1 aromatic rings. The Labute approximate surface area is 141 Å². The minimum Gasteiger partial charge on any atom is -0.351 e. The van der Waals surface area contributed by atoms with E-state index in [0.717, 1.165) is 38.0 Å². The third-order valence-electron chi connectivity index (χ3n) is 4.55. The fourth-order valence-electron chi connectivity index (χ4n) is 2.95. The number of amides is 1. The second kappa shape index (κ2) is 7.28. The molecular weight excluding hydrogens is 312 g/mol. The normalized spacial score (nSPS) is 21.7. The summed E-state index contributed by atoms with van der Waals surface area (Å²) in [4.78, 5) is 12.3. The topological polar surface area (TPSA) is 41.1 Å². The highest BCUT2D eigenvalue weighted by molar-refractivity contribution is 8.19. The molecule has 0 aliphatic carbocycles. The van der Waals surface area contributed by atoms with Gasteiger partial charge in [0, 0.05) is 23.6 Å². The summed E-state index contributed by atoms with van der Waals surface area (Å²) in [5, 5.41) is 6.50. The highest BCUT2D eigenvalue weighted by Gasteiger charge is 2.27. The average Bonchev–Trinajstić information content (AvgIpc) is 3.08. The maximum Gasteiger partial charge on any atom is 0.251 e. The zero-order valence-electron chi connectivity index (χ0n) is 13.1. The highest BCUT2D eigenvalue weighted by Crippen LogP contribution is 2.45. The molecule has 3 nitrogen and oxygen atoms in total. The van der Waals surface area contributed by atoms with Gasteiger partial charge in [0.05, 0.1) is 4.58 Å². The molecule has 2 N–H and O–H groups in total. The van der Waals surface area contributed by atoms with Gasteiger partial charge >= 0.3 is 0 Å². The van der Waals surface area contributed by atoms with E-state index in [9.17, 15) is 4.79 Å². The molecule has 0 aromatic heterocycles. The first-order chi connectivity index (χ1) is 10.7. The van der Waals surface area contributed by atoms with E-state index < -0.39 is 0 Å². The van der Waals surface area contributed by atoms with Gasteiger partial charge in [-0.3, -0.25) is 4.79 Å². The maximum absolute atomic E-state index is 12.3. The molecule has 5 heteroatoms. The van der Waals surface area contributed by atoms with Gasteiger partial charge in [-0.05, 0) is 49.0 Å². The van der Waals surface area contributed by atoms with Gasteiger partial charge in [0.1, 0.15) is 0 Å². The van der Waals surface area contributed by atoms with Crippen molar-refractivity contribution in [3.05, 3.63) is 35.4 Å². The zero-order valence-corrected chi connectivity index (χ0v) is 14.7. The van der Waals surface area contributed by atoms with Crippen LogP contribution in [-0.2, 0) is 0 Å². The molecule has 3 rings (SSSR count). The number of piperidine rings is 1. The van der Waals surface area contributed by atoms with Crippen LogP contribution in [0.3, 0.4) is 0 Å². The quantitative estimate of drug-likeness (QED) is 0.885. The van der Waals surface area contributed by atoms with Gasteiger partial charge in [0.25, 0.3) is 5.91 Å². The summed E-state index contributed by atoms with van der Waals surface area (Å²) in [6.45, 7) is 5.14. The van der Waals surface area contributed by atoms with E-state index in [0.29, 0.717) is 4.58 Å². The average molecular weight is 337 g/mol. The highest BCUT2D eigenvalue weighted by atomic mass is 32.2. The molecule has 22 heavy (non-hydrogen) atoms. The van der Waals surface area contributed by atoms with E-state index in [-0.39, 0.29) is 11.3 Å². The standard InChI is InChI=1S/C17H24N2OS2/c1-17(6-8-18-9-7-17)12-19-15(20)13-2-4-14(5-3-13)16-21-10-11-22-16/h2-5,16,18H,6-12H2,1H3,(H,19,20). The molecule has 0 radical (unpaired) electrons.